The zero-order chi connectivity index (χ0) is 20.5. The number of aromatic nitrogens is 2. The standard InChI is InChI=1S/C16H19ClN4O5S/c1-8-14(9(2)21(4)20-8)19-15(22)10(3)26-16(23)11-5-6-12(17)13(7-11)27(18,24)25/h5-7,10H,1-4H3,(H,19,22)(H2,18,24,25)/t10-/m0/s1. The van der Waals surface area contributed by atoms with Crippen molar-refractivity contribution < 1.29 is 22.7 Å². The molecule has 0 aliphatic carbocycles. The Kier molecular flexibility index (Phi) is 5.93. The Morgan fingerprint density at radius 3 is 2.48 bits per heavy atom. The maximum absolute atomic E-state index is 12.3. The van der Waals surface area contributed by atoms with Gasteiger partial charge in [-0.2, -0.15) is 5.10 Å². The highest BCUT2D eigenvalue weighted by molar-refractivity contribution is 7.89. The summed E-state index contributed by atoms with van der Waals surface area (Å²) >= 11 is 5.78. The van der Waals surface area contributed by atoms with Crippen molar-refractivity contribution in [2.24, 2.45) is 12.2 Å². The van der Waals surface area contributed by atoms with Crippen molar-refractivity contribution in [3.63, 3.8) is 0 Å². The van der Waals surface area contributed by atoms with Gasteiger partial charge >= 0.3 is 5.97 Å². The monoisotopic (exact) mass is 414 g/mol. The van der Waals surface area contributed by atoms with Crippen LogP contribution in [0.25, 0.3) is 0 Å². The number of amides is 1. The molecule has 2 rings (SSSR count). The van der Waals surface area contributed by atoms with E-state index in [1.807, 2.05) is 0 Å². The topological polar surface area (TPSA) is 133 Å². The lowest BCUT2D eigenvalue weighted by atomic mass is 10.2. The molecule has 0 aliphatic heterocycles. The number of carbonyl (C=O) groups excluding carboxylic acids is 2. The molecule has 1 heterocycles. The molecule has 0 saturated carbocycles. The fraction of sp³-hybridized carbons (Fsp3) is 0.312. The summed E-state index contributed by atoms with van der Waals surface area (Å²) < 4.78 is 29.7. The van der Waals surface area contributed by atoms with E-state index in [-0.39, 0.29) is 10.6 Å². The minimum Gasteiger partial charge on any atom is -0.449 e. The van der Waals surface area contributed by atoms with E-state index < -0.39 is 32.9 Å². The molecule has 146 valence electrons. The maximum atomic E-state index is 12.3. The third-order valence-electron chi connectivity index (χ3n) is 3.88. The Hall–Kier alpha value is -2.43. The molecular formula is C16H19ClN4O5S. The van der Waals surface area contributed by atoms with E-state index in [1.165, 1.54) is 19.1 Å². The first-order chi connectivity index (χ1) is 12.4. The Bertz CT molecular complexity index is 1020. The first-order valence-electron chi connectivity index (χ1n) is 7.76. The molecule has 0 saturated heterocycles. The van der Waals surface area contributed by atoms with Crippen LogP contribution in [0, 0.1) is 13.8 Å². The molecule has 2 aromatic rings. The van der Waals surface area contributed by atoms with Gasteiger partial charge in [-0.25, -0.2) is 18.4 Å². The van der Waals surface area contributed by atoms with Gasteiger partial charge in [-0.3, -0.25) is 9.48 Å². The summed E-state index contributed by atoms with van der Waals surface area (Å²) in [6.07, 6.45) is -1.13. The molecule has 1 aromatic carbocycles. The minimum absolute atomic E-state index is 0.100. The fourth-order valence-electron chi connectivity index (χ4n) is 2.31. The van der Waals surface area contributed by atoms with Gasteiger partial charge in [-0.1, -0.05) is 11.6 Å². The molecule has 1 amide bonds. The predicted molar refractivity (Wildman–Crippen MR) is 99.0 cm³/mol. The van der Waals surface area contributed by atoms with E-state index in [2.05, 4.69) is 10.4 Å². The van der Waals surface area contributed by atoms with Crippen LogP contribution < -0.4 is 10.5 Å². The molecular weight excluding hydrogens is 396 g/mol. The molecule has 0 spiro atoms. The van der Waals surface area contributed by atoms with E-state index in [0.29, 0.717) is 11.4 Å². The van der Waals surface area contributed by atoms with Crippen molar-refractivity contribution >= 4 is 39.2 Å². The maximum Gasteiger partial charge on any atom is 0.338 e. The highest BCUT2D eigenvalue weighted by atomic mass is 35.5. The highest BCUT2D eigenvalue weighted by Crippen LogP contribution is 2.22. The van der Waals surface area contributed by atoms with Crippen LogP contribution in [0.15, 0.2) is 23.1 Å². The summed E-state index contributed by atoms with van der Waals surface area (Å²) in [5.41, 5.74) is 1.80. The molecule has 11 heteroatoms. The van der Waals surface area contributed by atoms with Gasteiger partial charge in [0.05, 0.1) is 27.7 Å². The molecule has 0 fully saturated rings. The van der Waals surface area contributed by atoms with Gasteiger partial charge in [-0.05, 0) is 39.0 Å². The van der Waals surface area contributed by atoms with Crippen LogP contribution >= 0.6 is 11.6 Å². The molecule has 0 unspecified atom stereocenters. The summed E-state index contributed by atoms with van der Waals surface area (Å²) in [5.74, 6) is -1.44. The molecule has 1 aromatic heterocycles. The number of esters is 1. The van der Waals surface area contributed by atoms with Crippen molar-refractivity contribution in [1.82, 2.24) is 9.78 Å². The molecule has 0 bridgehead atoms. The fourth-order valence-corrected chi connectivity index (χ4v) is 3.38. The van der Waals surface area contributed by atoms with Crippen LogP contribution in [0.4, 0.5) is 5.69 Å². The second-order valence-corrected chi connectivity index (χ2v) is 7.83. The van der Waals surface area contributed by atoms with Crippen LogP contribution in [-0.4, -0.2) is 36.2 Å². The number of nitrogens with one attached hydrogen (secondary N) is 1. The molecule has 9 nitrogen and oxygen atoms in total. The Morgan fingerprint density at radius 1 is 1.33 bits per heavy atom. The average molecular weight is 415 g/mol. The van der Waals surface area contributed by atoms with E-state index in [1.54, 1.807) is 25.6 Å². The lowest BCUT2D eigenvalue weighted by molar-refractivity contribution is -0.123. The van der Waals surface area contributed by atoms with Gasteiger partial charge in [0.2, 0.25) is 10.0 Å². The number of sulfonamides is 1. The Balaban J connectivity index is 2.14. The normalized spacial score (nSPS) is 12.5. The van der Waals surface area contributed by atoms with Crippen LogP contribution in [0.5, 0.6) is 0 Å². The number of halogens is 1. The number of benzene rings is 1. The molecule has 0 aliphatic rings. The van der Waals surface area contributed by atoms with Gasteiger partial charge in [0, 0.05) is 7.05 Å². The predicted octanol–water partition coefficient (Wildman–Crippen LogP) is 1.52. The lowest BCUT2D eigenvalue weighted by Gasteiger charge is -2.14. The number of nitrogens with two attached hydrogens (primary N) is 1. The van der Waals surface area contributed by atoms with Gasteiger partial charge in [0.15, 0.2) is 6.10 Å². The summed E-state index contributed by atoms with van der Waals surface area (Å²) in [5, 5.41) is 11.8. The number of hydrogen-bond donors (Lipinski definition) is 2. The van der Waals surface area contributed by atoms with E-state index >= 15 is 0 Å². The SMILES string of the molecule is Cc1nn(C)c(C)c1NC(=O)[C@H](C)OC(=O)c1ccc(Cl)c(S(N)(=O)=O)c1. The molecule has 27 heavy (non-hydrogen) atoms. The molecule has 1 atom stereocenters. The number of nitrogens with zero attached hydrogens (tertiary/aromatic N) is 2. The van der Waals surface area contributed by atoms with Crippen molar-refractivity contribution in [1.29, 1.82) is 0 Å². The number of aryl methyl sites for hydroxylation is 2. The van der Waals surface area contributed by atoms with Gasteiger partial charge in [-0.15, -0.1) is 0 Å². The number of rotatable bonds is 5. The second-order valence-electron chi connectivity index (χ2n) is 5.90. The van der Waals surface area contributed by atoms with Crippen LogP contribution in [-0.2, 0) is 26.6 Å². The van der Waals surface area contributed by atoms with Crippen molar-refractivity contribution in [3.05, 3.63) is 40.2 Å². The summed E-state index contributed by atoms with van der Waals surface area (Å²) in [7, 11) is -2.37. The Labute approximate surface area is 161 Å². The summed E-state index contributed by atoms with van der Waals surface area (Å²) in [4.78, 5) is 24.1. The van der Waals surface area contributed by atoms with Crippen molar-refractivity contribution in [3.8, 4) is 0 Å². The van der Waals surface area contributed by atoms with E-state index in [9.17, 15) is 18.0 Å². The number of hydrogen-bond acceptors (Lipinski definition) is 6. The average Bonchev–Trinajstić information content (AvgIpc) is 2.80. The first kappa shape index (κ1) is 20.9. The second kappa shape index (κ2) is 7.67. The van der Waals surface area contributed by atoms with Gasteiger partial charge < -0.3 is 10.1 Å². The highest BCUT2D eigenvalue weighted by Gasteiger charge is 2.23. The number of carbonyl (C=O) groups is 2. The number of primary sulfonamides is 1. The van der Waals surface area contributed by atoms with Crippen LogP contribution in [0.3, 0.4) is 0 Å². The number of ether oxygens (including phenoxy) is 1. The summed E-state index contributed by atoms with van der Waals surface area (Å²) in [6.45, 7) is 4.92. The van der Waals surface area contributed by atoms with Crippen LogP contribution in [0.2, 0.25) is 5.02 Å². The van der Waals surface area contributed by atoms with Crippen molar-refractivity contribution in [2.45, 2.75) is 31.8 Å². The lowest BCUT2D eigenvalue weighted by Crippen LogP contribution is -2.30. The van der Waals surface area contributed by atoms with E-state index in [0.717, 1.165) is 11.8 Å². The van der Waals surface area contributed by atoms with Crippen molar-refractivity contribution in [2.75, 3.05) is 5.32 Å². The molecule has 3 N–H and O–H groups in total. The quantitative estimate of drug-likeness (QED) is 0.712. The van der Waals surface area contributed by atoms with Crippen LogP contribution in [0.1, 0.15) is 28.7 Å². The zero-order valence-corrected chi connectivity index (χ0v) is 16.7. The molecule has 0 radical (unpaired) electrons. The van der Waals surface area contributed by atoms with Gasteiger partial charge in [0.25, 0.3) is 5.91 Å². The third kappa shape index (κ3) is 4.65. The largest absolute Gasteiger partial charge is 0.449 e. The smallest absolute Gasteiger partial charge is 0.338 e. The number of anilines is 1. The minimum atomic E-state index is -4.11. The first-order valence-corrected chi connectivity index (χ1v) is 9.68. The Morgan fingerprint density at radius 2 is 1.96 bits per heavy atom. The third-order valence-corrected chi connectivity index (χ3v) is 5.28. The zero-order valence-electron chi connectivity index (χ0n) is 15.1. The van der Waals surface area contributed by atoms with E-state index in [4.69, 9.17) is 21.5 Å². The van der Waals surface area contributed by atoms with Gasteiger partial charge in [0.1, 0.15) is 4.90 Å². The summed E-state index contributed by atoms with van der Waals surface area (Å²) in [6, 6.07) is 3.49.